The standard InChI is InChI=1S/C16H18N2O3/c17-15(11-13-7-3-1-4-8-13)16(19)20-21-18-12-14-9-5-2-6-10-14/h1-10,15,18H,11-12,17H2/t15-/m0/s1. The van der Waals surface area contributed by atoms with E-state index in [2.05, 4.69) is 15.4 Å². The first-order valence-electron chi connectivity index (χ1n) is 6.69. The van der Waals surface area contributed by atoms with Crippen LogP contribution in [0.2, 0.25) is 0 Å². The molecule has 0 amide bonds. The third-order valence-corrected chi connectivity index (χ3v) is 2.90. The Hall–Kier alpha value is -2.21. The maximum absolute atomic E-state index is 11.6. The zero-order chi connectivity index (χ0) is 14.9. The lowest BCUT2D eigenvalue weighted by Gasteiger charge is -2.10. The molecule has 0 saturated carbocycles. The molecule has 0 aliphatic rings. The van der Waals surface area contributed by atoms with Gasteiger partial charge in [-0.05, 0) is 17.5 Å². The molecule has 0 saturated heterocycles. The van der Waals surface area contributed by atoms with Crippen LogP contribution < -0.4 is 11.2 Å². The zero-order valence-electron chi connectivity index (χ0n) is 11.6. The molecule has 0 spiro atoms. The van der Waals surface area contributed by atoms with Gasteiger partial charge in [-0.15, -0.1) is 0 Å². The number of hydrogen-bond acceptors (Lipinski definition) is 5. The Morgan fingerprint density at radius 2 is 1.57 bits per heavy atom. The van der Waals surface area contributed by atoms with Gasteiger partial charge in [-0.1, -0.05) is 65.7 Å². The lowest BCUT2D eigenvalue weighted by Crippen LogP contribution is -2.35. The van der Waals surface area contributed by atoms with Gasteiger partial charge in [0.05, 0.1) is 0 Å². The van der Waals surface area contributed by atoms with Gasteiger partial charge in [-0.25, -0.2) is 4.79 Å². The van der Waals surface area contributed by atoms with Crippen LogP contribution in [0.25, 0.3) is 0 Å². The Kier molecular flexibility index (Phi) is 5.90. The van der Waals surface area contributed by atoms with Gasteiger partial charge in [-0.2, -0.15) is 5.48 Å². The van der Waals surface area contributed by atoms with Crippen LogP contribution in [0, 0.1) is 0 Å². The van der Waals surface area contributed by atoms with E-state index in [9.17, 15) is 4.79 Å². The van der Waals surface area contributed by atoms with Gasteiger partial charge in [0.2, 0.25) is 0 Å². The maximum Gasteiger partial charge on any atom is 0.361 e. The molecule has 0 radical (unpaired) electrons. The molecule has 0 fully saturated rings. The van der Waals surface area contributed by atoms with Crippen molar-refractivity contribution in [1.29, 1.82) is 0 Å². The Labute approximate surface area is 123 Å². The Bertz CT molecular complexity index is 546. The summed E-state index contributed by atoms with van der Waals surface area (Å²) in [7, 11) is 0. The SMILES string of the molecule is N[C@@H](Cc1ccccc1)C(=O)OONCc1ccccc1. The van der Waals surface area contributed by atoms with Crippen LogP contribution in [0.5, 0.6) is 0 Å². The molecule has 1 atom stereocenters. The largest absolute Gasteiger partial charge is 0.361 e. The normalized spacial score (nSPS) is 11.9. The zero-order valence-corrected chi connectivity index (χ0v) is 11.6. The summed E-state index contributed by atoms with van der Waals surface area (Å²) in [5.41, 5.74) is 10.3. The minimum absolute atomic E-state index is 0.404. The summed E-state index contributed by atoms with van der Waals surface area (Å²) >= 11 is 0. The monoisotopic (exact) mass is 286 g/mol. The van der Waals surface area contributed by atoms with E-state index >= 15 is 0 Å². The quantitative estimate of drug-likeness (QED) is 0.461. The number of rotatable bonds is 7. The molecule has 5 heteroatoms. The van der Waals surface area contributed by atoms with Gasteiger partial charge in [0.15, 0.2) is 0 Å². The van der Waals surface area contributed by atoms with Gasteiger partial charge in [0, 0.05) is 6.54 Å². The average molecular weight is 286 g/mol. The van der Waals surface area contributed by atoms with Crippen LogP contribution in [0.3, 0.4) is 0 Å². The molecule has 3 N–H and O–H groups in total. The Morgan fingerprint density at radius 3 is 2.19 bits per heavy atom. The summed E-state index contributed by atoms with van der Waals surface area (Å²) in [6, 6.07) is 18.4. The number of nitrogens with two attached hydrogens (primary N) is 1. The first-order chi connectivity index (χ1) is 10.3. The summed E-state index contributed by atoms with van der Waals surface area (Å²) in [6.07, 6.45) is 0.404. The van der Waals surface area contributed by atoms with E-state index in [0.29, 0.717) is 13.0 Å². The van der Waals surface area contributed by atoms with E-state index in [-0.39, 0.29) is 0 Å². The summed E-state index contributed by atoms with van der Waals surface area (Å²) in [6.45, 7) is 0.433. The molecule has 0 heterocycles. The predicted octanol–water partition coefficient (Wildman–Crippen LogP) is 1.74. The molecular weight excluding hydrogens is 268 g/mol. The third-order valence-electron chi connectivity index (χ3n) is 2.90. The van der Waals surface area contributed by atoms with E-state index in [0.717, 1.165) is 11.1 Å². The van der Waals surface area contributed by atoms with Crippen molar-refractivity contribution in [1.82, 2.24) is 5.48 Å². The number of benzene rings is 2. The highest BCUT2D eigenvalue weighted by atomic mass is 17.3. The average Bonchev–Trinajstić information content (AvgIpc) is 2.53. The van der Waals surface area contributed by atoms with Gasteiger partial charge in [0.1, 0.15) is 6.04 Å². The first-order valence-corrected chi connectivity index (χ1v) is 6.69. The lowest BCUT2D eigenvalue weighted by molar-refractivity contribution is -0.311. The topological polar surface area (TPSA) is 73.6 Å². The molecule has 0 aromatic heterocycles. The maximum atomic E-state index is 11.6. The fraction of sp³-hybridized carbons (Fsp3) is 0.188. The van der Waals surface area contributed by atoms with Crippen LogP contribution >= 0.6 is 0 Å². The van der Waals surface area contributed by atoms with Gasteiger partial charge in [0.25, 0.3) is 0 Å². The van der Waals surface area contributed by atoms with E-state index in [4.69, 9.17) is 5.73 Å². The number of carbonyl (C=O) groups is 1. The second kappa shape index (κ2) is 8.16. The minimum atomic E-state index is -0.758. The Morgan fingerprint density at radius 1 is 1.00 bits per heavy atom. The molecule has 0 aliphatic heterocycles. The van der Waals surface area contributed by atoms with E-state index < -0.39 is 12.0 Å². The third kappa shape index (κ3) is 5.35. The minimum Gasteiger partial charge on any atom is -0.318 e. The summed E-state index contributed by atoms with van der Waals surface area (Å²) in [5, 5.41) is 0. The highest BCUT2D eigenvalue weighted by Crippen LogP contribution is 2.03. The van der Waals surface area contributed by atoms with Crippen molar-refractivity contribution in [3.63, 3.8) is 0 Å². The van der Waals surface area contributed by atoms with Crippen molar-refractivity contribution < 1.29 is 14.7 Å². The van der Waals surface area contributed by atoms with Crippen LogP contribution in [-0.4, -0.2) is 12.0 Å². The summed E-state index contributed by atoms with van der Waals surface area (Å²) in [4.78, 5) is 20.9. The van der Waals surface area contributed by atoms with Gasteiger partial charge in [-0.3, -0.25) is 4.89 Å². The van der Waals surface area contributed by atoms with Crippen LogP contribution in [0.15, 0.2) is 60.7 Å². The first kappa shape index (κ1) is 15.2. The molecule has 21 heavy (non-hydrogen) atoms. The Balaban J connectivity index is 1.67. The molecule has 0 aliphatic carbocycles. The van der Waals surface area contributed by atoms with Crippen molar-refractivity contribution in [2.75, 3.05) is 0 Å². The molecule has 0 bridgehead atoms. The van der Waals surface area contributed by atoms with Crippen molar-refractivity contribution in [2.45, 2.75) is 19.0 Å². The van der Waals surface area contributed by atoms with Crippen molar-refractivity contribution in [3.05, 3.63) is 71.8 Å². The molecule has 2 rings (SSSR count). The fourth-order valence-corrected chi connectivity index (χ4v) is 1.79. The molecule has 2 aromatic carbocycles. The molecule has 5 nitrogen and oxygen atoms in total. The lowest BCUT2D eigenvalue weighted by atomic mass is 10.1. The van der Waals surface area contributed by atoms with E-state index in [1.54, 1.807) is 0 Å². The number of hydrogen-bond donors (Lipinski definition) is 2. The van der Waals surface area contributed by atoms with Crippen LogP contribution in [0.1, 0.15) is 11.1 Å². The fourth-order valence-electron chi connectivity index (χ4n) is 1.79. The second-order valence-electron chi connectivity index (χ2n) is 4.59. The summed E-state index contributed by atoms with van der Waals surface area (Å²) < 4.78 is 0. The van der Waals surface area contributed by atoms with Crippen molar-refractivity contribution >= 4 is 5.97 Å². The molecule has 0 unspecified atom stereocenters. The van der Waals surface area contributed by atoms with E-state index in [1.165, 1.54) is 0 Å². The summed E-state index contributed by atoms with van der Waals surface area (Å²) in [5.74, 6) is -0.612. The van der Waals surface area contributed by atoms with Crippen molar-refractivity contribution in [2.24, 2.45) is 5.73 Å². The molecular formula is C16H18N2O3. The number of nitrogens with one attached hydrogen (secondary N) is 1. The van der Waals surface area contributed by atoms with Gasteiger partial charge < -0.3 is 5.73 Å². The highest BCUT2D eigenvalue weighted by Gasteiger charge is 2.16. The number of hydroxylamine groups is 1. The second-order valence-corrected chi connectivity index (χ2v) is 4.59. The predicted molar refractivity (Wildman–Crippen MR) is 78.6 cm³/mol. The molecule has 2 aromatic rings. The van der Waals surface area contributed by atoms with E-state index in [1.807, 2.05) is 60.7 Å². The number of carbonyl (C=O) groups excluding carboxylic acids is 1. The van der Waals surface area contributed by atoms with Crippen LogP contribution in [-0.2, 0) is 27.6 Å². The molecule has 110 valence electrons. The van der Waals surface area contributed by atoms with Crippen molar-refractivity contribution in [3.8, 4) is 0 Å². The van der Waals surface area contributed by atoms with Gasteiger partial charge >= 0.3 is 5.97 Å². The van der Waals surface area contributed by atoms with Crippen LogP contribution in [0.4, 0.5) is 0 Å². The highest BCUT2D eigenvalue weighted by molar-refractivity contribution is 5.75. The smallest absolute Gasteiger partial charge is 0.318 e.